The summed E-state index contributed by atoms with van der Waals surface area (Å²) in [6.45, 7) is 1.66. The Morgan fingerprint density at radius 2 is 2.32 bits per heavy atom. The number of carboxylic acids is 1. The number of allylic oxidation sites excluding steroid dienone is 4. The number of thiophene rings is 1. The molecule has 1 aromatic rings. The van der Waals surface area contributed by atoms with Crippen LogP contribution in [0.1, 0.15) is 24.1 Å². The van der Waals surface area contributed by atoms with E-state index in [-0.39, 0.29) is 24.1 Å². The molecule has 1 aliphatic rings. The predicted octanol–water partition coefficient (Wildman–Crippen LogP) is 2.78. The molecule has 0 saturated carbocycles. The average molecular weight is 276 g/mol. The Bertz CT molecular complexity index is 535. The third-order valence-electron chi connectivity index (χ3n) is 3.43. The summed E-state index contributed by atoms with van der Waals surface area (Å²) in [5, 5.41) is 9.26. The van der Waals surface area contributed by atoms with Gasteiger partial charge in [-0.3, -0.25) is 4.79 Å². The van der Waals surface area contributed by atoms with E-state index < -0.39 is 11.9 Å². The van der Waals surface area contributed by atoms with Crippen LogP contribution in [0.15, 0.2) is 36.2 Å². The highest BCUT2D eigenvalue weighted by Gasteiger charge is 2.33. The normalized spacial score (nSPS) is 21.8. The Labute approximate surface area is 117 Å². The first kappa shape index (κ1) is 14.1. The SMILES string of the molecule is [B]c1ccc([C@@H](C2C=CC=C(F)C2)[C@@H](C)C(=O)O)s1. The smallest absolute Gasteiger partial charge is 0.306 e. The maximum Gasteiger partial charge on any atom is 0.306 e. The first-order valence-electron chi connectivity index (χ1n) is 6.10. The van der Waals surface area contributed by atoms with Crippen LogP contribution in [0.5, 0.6) is 0 Å². The molecule has 2 radical (unpaired) electrons. The van der Waals surface area contributed by atoms with E-state index in [1.165, 1.54) is 17.4 Å². The van der Waals surface area contributed by atoms with Crippen LogP contribution in [0.25, 0.3) is 0 Å². The van der Waals surface area contributed by atoms with Gasteiger partial charge in [0.1, 0.15) is 13.7 Å². The third kappa shape index (κ3) is 3.15. The summed E-state index contributed by atoms with van der Waals surface area (Å²) in [4.78, 5) is 12.2. The summed E-state index contributed by atoms with van der Waals surface area (Å²) in [6.07, 6.45) is 5.20. The molecule has 0 spiro atoms. The van der Waals surface area contributed by atoms with E-state index in [0.717, 1.165) is 4.88 Å². The van der Waals surface area contributed by atoms with Crippen LogP contribution in [0, 0.1) is 11.8 Å². The fraction of sp³-hybridized carbons (Fsp3) is 0.357. The molecule has 1 N–H and O–H groups in total. The molecule has 0 fully saturated rings. The van der Waals surface area contributed by atoms with Crippen LogP contribution in [-0.2, 0) is 4.79 Å². The number of hydrogen-bond acceptors (Lipinski definition) is 2. The Hall–Kier alpha value is -1.36. The lowest BCUT2D eigenvalue weighted by atomic mass is 9.78. The van der Waals surface area contributed by atoms with E-state index in [4.69, 9.17) is 7.85 Å². The number of halogens is 1. The standard InChI is InChI=1S/C14H14BFO2S/c1-8(14(17)18)13(11-5-6-12(15)19-11)9-3-2-4-10(16)7-9/h2-6,8-9,13H,7H2,1H3,(H,17,18)/t8-,9?,13-/m1/s1. The van der Waals surface area contributed by atoms with Gasteiger partial charge < -0.3 is 5.11 Å². The van der Waals surface area contributed by atoms with Crippen LogP contribution in [0.3, 0.4) is 0 Å². The molecule has 0 saturated heterocycles. The minimum absolute atomic E-state index is 0.144. The van der Waals surface area contributed by atoms with Gasteiger partial charge in [0.15, 0.2) is 0 Å². The molecule has 0 bridgehead atoms. The second kappa shape index (κ2) is 5.74. The Kier molecular flexibility index (Phi) is 4.25. The predicted molar refractivity (Wildman–Crippen MR) is 75.7 cm³/mol. The molecule has 5 heteroatoms. The molecule has 1 heterocycles. The van der Waals surface area contributed by atoms with Gasteiger partial charge in [0.25, 0.3) is 0 Å². The van der Waals surface area contributed by atoms with Crippen molar-refractivity contribution in [2.75, 3.05) is 0 Å². The van der Waals surface area contributed by atoms with Crippen molar-refractivity contribution in [2.24, 2.45) is 11.8 Å². The fourth-order valence-corrected chi connectivity index (χ4v) is 3.50. The lowest BCUT2D eigenvalue weighted by Crippen LogP contribution is -2.25. The summed E-state index contributed by atoms with van der Waals surface area (Å²) in [6, 6.07) is 3.61. The van der Waals surface area contributed by atoms with Crippen molar-refractivity contribution in [1.29, 1.82) is 0 Å². The van der Waals surface area contributed by atoms with Gasteiger partial charge in [0.05, 0.1) is 5.92 Å². The van der Waals surface area contributed by atoms with Gasteiger partial charge in [-0.15, -0.1) is 0 Å². The summed E-state index contributed by atoms with van der Waals surface area (Å²) in [5.41, 5.74) is 0. The number of aliphatic carboxylic acids is 1. The Morgan fingerprint density at radius 1 is 1.58 bits per heavy atom. The van der Waals surface area contributed by atoms with Crippen molar-refractivity contribution >= 4 is 29.9 Å². The van der Waals surface area contributed by atoms with Gasteiger partial charge >= 0.3 is 5.97 Å². The maximum atomic E-state index is 13.4. The Morgan fingerprint density at radius 3 is 2.84 bits per heavy atom. The van der Waals surface area contributed by atoms with Crippen molar-refractivity contribution in [3.05, 3.63) is 41.1 Å². The van der Waals surface area contributed by atoms with Gasteiger partial charge in [-0.25, -0.2) is 4.39 Å². The second-order valence-corrected chi connectivity index (χ2v) is 5.91. The molecule has 3 atom stereocenters. The van der Waals surface area contributed by atoms with Crippen molar-refractivity contribution in [3.8, 4) is 0 Å². The lowest BCUT2D eigenvalue weighted by Gasteiger charge is -2.28. The molecule has 19 heavy (non-hydrogen) atoms. The molecule has 0 aromatic carbocycles. The van der Waals surface area contributed by atoms with Crippen molar-refractivity contribution in [2.45, 2.75) is 19.3 Å². The number of hydrogen-bond donors (Lipinski definition) is 1. The van der Waals surface area contributed by atoms with Crippen LogP contribution in [-0.4, -0.2) is 18.9 Å². The number of carbonyl (C=O) groups is 1. The minimum atomic E-state index is -0.875. The molecule has 0 amide bonds. The average Bonchev–Trinajstić information content (AvgIpc) is 2.76. The van der Waals surface area contributed by atoms with Crippen LogP contribution < -0.4 is 4.78 Å². The summed E-state index contributed by atoms with van der Waals surface area (Å²) >= 11 is 1.38. The first-order valence-corrected chi connectivity index (χ1v) is 6.91. The van der Waals surface area contributed by atoms with Gasteiger partial charge in [0, 0.05) is 17.2 Å². The van der Waals surface area contributed by atoms with E-state index in [2.05, 4.69) is 0 Å². The molecule has 2 nitrogen and oxygen atoms in total. The quantitative estimate of drug-likeness (QED) is 0.858. The summed E-state index contributed by atoms with van der Waals surface area (Å²) in [7, 11) is 5.72. The van der Waals surface area contributed by atoms with E-state index in [1.807, 2.05) is 12.1 Å². The van der Waals surface area contributed by atoms with E-state index in [1.54, 1.807) is 19.1 Å². The second-order valence-electron chi connectivity index (χ2n) is 4.76. The van der Waals surface area contributed by atoms with Crippen molar-refractivity contribution in [1.82, 2.24) is 0 Å². The first-order chi connectivity index (χ1) is 8.99. The Balaban J connectivity index is 2.32. The zero-order chi connectivity index (χ0) is 14.0. The molecule has 1 aromatic heterocycles. The lowest BCUT2D eigenvalue weighted by molar-refractivity contribution is -0.142. The molecule has 98 valence electrons. The van der Waals surface area contributed by atoms with E-state index in [9.17, 15) is 14.3 Å². The summed E-state index contributed by atoms with van der Waals surface area (Å²) < 4.78 is 14.1. The van der Waals surface area contributed by atoms with Crippen molar-refractivity contribution in [3.63, 3.8) is 0 Å². The molecule has 0 aliphatic heterocycles. The van der Waals surface area contributed by atoms with Gasteiger partial charge in [0.2, 0.25) is 0 Å². The minimum Gasteiger partial charge on any atom is -0.481 e. The monoisotopic (exact) mass is 276 g/mol. The van der Waals surface area contributed by atoms with Gasteiger partial charge in [-0.2, -0.15) is 11.3 Å². The molecule has 1 unspecified atom stereocenters. The highest BCUT2D eigenvalue weighted by atomic mass is 32.1. The molecule has 2 rings (SSSR count). The van der Waals surface area contributed by atoms with Gasteiger partial charge in [-0.1, -0.05) is 25.1 Å². The van der Waals surface area contributed by atoms with Crippen LogP contribution in [0.4, 0.5) is 4.39 Å². The highest BCUT2D eigenvalue weighted by Crippen LogP contribution is 2.40. The highest BCUT2D eigenvalue weighted by molar-refractivity contribution is 7.20. The number of rotatable bonds is 4. The largest absolute Gasteiger partial charge is 0.481 e. The van der Waals surface area contributed by atoms with Crippen LogP contribution in [0.2, 0.25) is 0 Å². The topological polar surface area (TPSA) is 37.3 Å². The fourth-order valence-electron chi connectivity index (χ4n) is 2.44. The number of carboxylic acid groups (broad SMARTS) is 1. The maximum absolute atomic E-state index is 13.4. The zero-order valence-corrected chi connectivity index (χ0v) is 11.4. The molecule has 1 aliphatic carbocycles. The van der Waals surface area contributed by atoms with Crippen LogP contribution >= 0.6 is 11.3 Å². The third-order valence-corrected chi connectivity index (χ3v) is 4.45. The zero-order valence-electron chi connectivity index (χ0n) is 10.5. The molecular formula is C14H14BFO2S. The molecular weight excluding hydrogens is 262 g/mol. The summed E-state index contributed by atoms with van der Waals surface area (Å²) in [5.74, 6) is -2.07. The van der Waals surface area contributed by atoms with E-state index in [0.29, 0.717) is 4.78 Å². The van der Waals surface area contributed by atoms with Crippen molar-refractivity contribution < 1.29 is 14.3 Å². The van der Waals surface area contributed by atoms with E-state index >= 15 is 0 Å². The van der Waals surface area contributed by atoms with Gasteiger partial charge in [-0.05, 0) is 22.8 Å².